The first kappa shape index (κ1) is 17.6. The fourth-order valence-corrected chi connectivity index (χ4v) is 4.61. The van der Waals surface area contributed by atoms with E-state index in [1.807, 2.05) is 33.2 Å². The van der Waals surface area contributed by atoms with Crippen LogP contribution in [0.25, 0.3) is 0 Å². The lowest BCUT2D eigenvalue weighted by molar-refractivity contribution is 0.358. The van der Waals surface area contributed by atoms with E-state index in [9.17, 15) is 8.42 Å². The van der Waals surface area contributed by atoms with Crippen LogP contribution in [0, 0.1) is 6.92 Å². The molecule has 0 atom stereocenters. The van der Waals surface area contributed by atoms with Gasteiger partial charge in [-0.05, 0) is 38.0 Å². The zero-order valence-electron chi connectivity index (χ0n) is 12.7. The average molecular weight is 319 g/mol. The Kier molecular flexibility index (Phi) is 7.11. The molecule has 0 saturated heterocycles. The Morgan fingerprint density at radius 1 is 1.35 bits per heavy atom. The first-order valence-electron chi connectivity index (χ1n) is 6.88. The van der Waals surface area contributed by atoms with Gasteiger partial charge in [-0.1, -0.05) is 13.8 Å². The van der Waals surface area contributed by atoms with E-state index in [-0.39, 0.29) is 0 Å². The predicted molar refractivity (Wildman–Crippen MR) is 84.8 cm³/mol. The van der Waals surface area contributed by atoms with Crippen molar-refractivity contribution in [1.29, 1.82) is 0 Å². The van der Waals surface area contributed by atoms with Crippen LogP contribution in [0.5, 0.6) is 0 Å². The van der Waals surface area contributed by atoms with Crippen LogP contribution in [0.4, 0.5) is 0 Å². The van der Waals surface area contributed by atoms with Crippen LogP contribution in [0.15, 0.2) is 10.3 Å². The molecule has 0 radical (unpaired) electrons. The lowest BCUT2D eigenvalue weighted by Crippen LogP contribution is -2.33. The van der Waals surface area contributed by atoms with Gasteiger partial charge in [-0.25, -0.2) is 13.1 Å². The molecule has 1 aromatic heterocycles. The van der Waals surface area contributed by atoms with Gasteiger partial charge in [0.05, 0.1) is 0 Å². The van der Waals surface area contributed by atoms with Crippen molar-refractivity contribution in [2.45, 2.75) is 32.2 Å². The molecule has 0 fully saturated rings. The molecule has 0 unspecified atom stereocenters. The lowest BCUT2D eigenvalue weighted by atomic mass is 10.3. The molecule has 2 N–H and O–H groups in total. The number of aryl methyl sites for hydroxylation is 1. The van der Waals surface area contributed by atoms with Gasteiger partial charge in [-0.15, -0.1) is 11.3 Å². The van der Waals surface area contributed by atoms with Gasteiger partial charge in [0.15, 0.2) is 0 Å². The van der Waals surface area contributed by atoms with Gasteiger partial charge < -0.3 is 10.2 Å². The maximum atomic E-state index is 12.4. The first-order valence-corrected chi connectivity index (χ1v) is 9.24. The Hall–Kier alpha value is -0.470. The van der Waals surface area contributed by atoms with Crippen LogP contribution in [-0.4, -0.2) is 46.5 Å². The smallest absolute Gasteiger partial charge is 0.242 e. The van der Waals surface area contributed by atoms with Crippen molar-refractivity contribution in [3.05, 3.63) is 15.8 Å². The van der Waals surface area contributed by atoms with Gasteiger partial charge in [-0.3, -0.25) is 0 Å². The number of hydrogen-bond acceptors (Lipinski definition) is 5. The molecular weight excluding hydrogens is 294 g/mol. The summed E-state index contributed by atoms with van der Waals surface area (Å²) in [4.78, 5) is 3.39. The SMILES string of the molecule is CCNCc1scc(C)c1S(=O)(=O)NCCN(C)CC. The summed E-state index contributed by atoms with van der Waals surface area (Å²) < 4.78 is 27.5. The van der Waals surface area contributed by atoms with Crippen LogP contribution in [0.3, 0.4) is 0 Å². The van der Waals surface area contributed by atoms with Crippen molar-refractivity contribution >= 4 is 21.4 Å². The van der Waals surface area contributed by atoms with E-state index >= 15 is 0 Å². The Morgan fingerprint density at radius 2 is 2.05 bits per heavy atom. The Labute approximate surface area is 126 Å². The van der Waals surface area contributed by atoms with Gasteiger partial charge in [0.1, 0.15) is 4.90 Å². The lowest BCUT2D eigenvalue weighted by Gasteiger charge is -2.15. The average Bonchev–Trinajstić information content (AvgIpc) is 2.77. The number of nitrogens with one attached hydrogen (secondary N) is 2. The predicted octanol–water partition coefficient (Wildman–Crippen LogP) is 1.40. The second-order valence-electron chi connectivity index (χ2n) is 4.75. The van der Waals surface area contributed by atoms with E-state index < -0.39 is 10.0 Å². The normalized spacial score (nSPS) is 12.2. The summed E-state index contributed by atoms with van der Waals surface area (Å²) in [5, 5.41) is 5.09. The number of likely N-dealkylation sites (N-methyl/N-ethyl adjacent to an activating group) is 1. The van der Waals surface area contributed by atoms with E-state index in [2.05, 4.69) is 14.9 Å². The van der Waals surface area contributed by atoms with E-state index in [1.54, 1.807) is 0 Å². The summed E-state index contributed by atoms with van der Waals surface area (Å²) in [5.41, 5.74) is 0.819. The number of sulfonamides is 1. The molecular formula is C13H25N3O2S2. The quantitative estimate of drug-likeness (QED) is 0.722. The highest BCUT2D eigenvalue weighted by Crippen LogP contribution is 2.26. The number of nitrogens with zero attached hydrogens (tertiary/aromatic N) is 1. The van der Waals surface area contributed by atoms with Gasteiger partial charge in [0.2, 0.25) is 10.0 Å². The zero-order valence-corrected chi connectivity index (χ0v) is 14.3. The second kappa shape index (κ2) is 8.09. The van der Waals surface area contributed by atoms with Crippen LogP contribution >= 0.6 is 11.3 Å². The van der Waals surface area contributed by atoms with Crippen molar-refractivity contribution in [1.82, 2.24) is 14.9 Å². The van der Waals surface area contributed by atoms with E-state index in [4.69, 9.17) is 0 Å². The molecule has 0 aliphatic heterocycles. The van der Waals surface area contributed by atoms with E-state index in [0.29, 0.717) is 24.5 Å². The molecule has 1 rings (SSSR count). The topological polar surface area (TPSA) is 61.4 Å². The highest BCUT2D eigenvalue weighted by molar-refractivity contribution is 7.89. The monoisotopic (exact) mass is 319 g/mol. The second-order valence-corrected chi connectivity index (χ2v) is 7.41. The van der Waals surface area contributed by atoms with Crippen LogP contribution in [0.2, 0.25) is 0 Å². The fraction of sp³-hybridized carbons (Fsp3) is 0.692. The fourth-order valence-electron chi connectivity index (χ4n) is 1.81. The molecule has 0 aromatic carbocycles. The Balaban J connectivity index is 2.78. The maximum Gasteiger partial charge on any atom is 0.242 e. The summed E-state index contributed by atoms with van der Waals surface area (Å²) in [6.45, 7) is 9.37. The number of rotatable bonds is 9. The molecule has 0 amide bonds. The standard InChI is InChI=1S/C13H25N3O2S2/c1-5-14-9-12-13(11(3)10-19-12)20(17,18)15-7-8-16(4)6-2/h10,14-15H,5-9H2,1-4H3. The highest BCUT2D eigenvalue weighted by Gasteiger charge is 2.22. The van der Waals surface area contributed by atoms with Crippen LogP contribution in [-0.2, 0) is 16.6 Å². The van der Waals surface area contributed by atoms with Crippen molar-refractivity contribution in [3.8, 4) is 0 Å². The summed E-state index contributed by atoms with van der Waals surface area (Å²) in [5.74, 6) is 0. The largest absolute Gasteiger partial charge is 0.312 e. The van der Waals surface area contributed by atoms with Crippen molar-refractivity contribution in [3.63, 3.8) is 0 Å². The minimum Gasteiger partial charge on any atom is -0.312 e. The van der Waals surface area contributed by atoms with Gasteiger partial charge in [0.25, 0.3) is 0 Å². The third-order valence-corrected chi connectivity index (χ3v) is 6.04. The molecule has 7 heteroatoms. The van der Waals surface area contributed by atoms with Crippen molar-refractivity contribution in [2.24, 2.45) is 0 Å². The molecule has 0 spiro atoms. The van der Waals surface area contributed by atoms with Gasteiger partial charge >= 0.3 is 0 Å². The highest BCUT2D eigenvalue weighted by atomic mass is 32.2. The summed E-state index contributed by atoms with van der Waals surface area (Å²) in [6.07, 6.45) is 0. The van der Waals surface area contributed by atoms with E-state index in [1.165, 1.54) is 11.3 Å². The minimum absolute atomic E-state index is 0.433. The molecule has 20 heavy (non-hydrogen) atoms. The van der Waals surface area contributed by atoms with Crippen LogP contribution in [0.1, 0.15) is 24.3 Å². The molecule has 0 aliphatic carbocycles. The van der Waals surface area contributed by atoms with Gasteiger partial charge in [0, 0.05) is 24.5 Å². The molecule has 0 aliphatic rings. The third kappa shape index (κ3) is 4.82. The summed E-state index contributed by atoms with van der Waals surface area (Å²) in [6, 6.07) is 0. The summed E-state index contributed by atoms with van der Waals surface area (Å²) in [7, 11) is -1.45. The first-order chi connectivity index (χ1) is 9.42. The molecule has 0 saturated carbocycles. The van der Waals surface area contributed by atoms with Crippen molar-refractivity contribution in [2.75, 3.05) is 33.2 Å². The third-order valence-electron chi connectivity index (χ3n) is 3.12. The van der Waals surface area contributed by atoms with Crippen LogP contribution < -0.4 is 10.0 Å². The van der Waals surface area contributed by atoms with E-state index in [0.717, 1.165) is 23.5 Å². The maximum absolute atomic E-state index is 12.4. The number of thiophene rings is 1. The molecule has 0 bridgehead atoms. The molecule has 5 nitrogen and oxygen atoms in total. The molecule has 1 aromatic rings. The van der Waals surface area contributed by atoms with Gasteiger partial charge in [-0.2, -0.15) is 0 Å². The Morgan fingerprint density at radius 3 is 2.65 bits per heavy atom. The Bertz CT molecular complexity index is 512. The zero-order chi connectivity index (χ0) is 15.2. The molecule has 1 heterocycles. The summed E-state index contributed by atoms with van der Waals surface area (Å²) >= 11 is 1.50. The number of hydrogen-bond donors (Lipinski definition) is 2. The minimum atomic E-state index is -3.42. The molecule has 116 valence electrons. The van der Waals surface area contributed by atoms with Crippen molar-refractivity contribution < 1.29 is 8.42 Å².